The van der Waals surface area contributed by atoms with Gasteiger partial charge >= 0.3 is 0 Å². The average Bonchev–Trinajstić information content (AvgIpc) is 3.14. The first kappa shape index (κ1) is 18.6. The maximum absolute atomic E-state index is 6.09. The van der Waals surface area contributed by atoms with Crippen molar-refractivity contribution in [1.29, 1.82) is 0 Å². The van der Waals surface area contributed by atoms with Crippen LogP contribution in [0.25, 0.3) is 33.0 Å². The number of hydrogen-bond acceptors (Lipinski definition) is 1. The third-order valence-electron chi connectivity index (χ3n) is 7.23. The molecule has 0 amide bonds. The van der Waals surface area contributed by atoms with Gasteiger partial charge in [0.2, 0.25) is 0 Å². The fourth-order valence-corrected chi connectivity index (χ4v) is 6.19. The van der Waals surface area contributed by atoms with Crippen molar-refractivity contribution in [3.8, 4) is 0 Å². The first-order chi connectivity index (χ1) is 15.6. The molecule has 2 nitrogen and oxygen atoms in total. The summed E-state index contributed by atoms with van der Waals surface area (Å²) in [6, 6.07) is 15.0. The van der Waals surface area contributed by atoms with Crippen molar-refractivity contribution < 1.29 is 0 Å². The molecule has 4 aromatic rings. The highest BCUT2D eigenvalue weighted by molar-refractivity contribution is 9.10. The van der Waals surface area contributed by atoms with Crippen LogP contribution in [0.2, 0.25) is 0 Å². The minimum atomic E-state index is 0.771. The maximum Gasteiger partial charge on any atom is 0.113 e. The van der Waals surface area contributed by atoms with Crippen molar-refractivity contribution in [3.05, 3.63) is 93.1 Å². The molecule has 0 spiro atoms. The highest BCUT2D eigenvalue weighted by Crippen LogP contribution is 2.49. The van der Waals surface area contributed by atoms with Crippen molar-refractivity contribution in [3.63, 3.8) is 0 Å². The standard InChI is InChI=1S/C28H20BBrN2/c1-14-10-15-2-6-19-26-16(11-22-21-13-18(30)5-9-24(21)32-28(19)22)3-7-25(27(15)26)31-23-8-4-17(29)12-20(14)23/h4-5,8-13,31-32H,1-3,6-7H2/b15-10-. The number of benzene rings is 3. The van der Waals surface area contributed by atoms with Gasteiger partial charge < -0.3 is 10.3 Å². The van der Waals surface area contributed by atoms with Crippen LogP contribution in [0, 0.1) is 0 Å². The third kappa shape index (κ3) is 2.53. The number of hydrogen-bond donors (Lipinski definition) is 2. The Morgan fingerprint density at radius 2 is 1.84 bits per heavy atom. The zero-order valence-corrected chi connectivity index (χ0v) is 19.2. The van der Waals surface area contributed by atoms with Crippen molar-refractivity contribution in [1.82, 2.24) is 4.98 Å². The van der Waals surface area contributed by atoms with E-state index in [2.05, 4.69) is 69.2 Å². The van der Waals surface area contributed by atoms with Crippen LogP contribution in [0.3, 0.4) is 0 Å². The quantitative estimate of drug-likeness (QED) is 0.278. The van der Waals surface area contributed by atoms with E-state index in [1.54, 1.807) is 0 Å². The zero-order valence-electron chi connectivity index (χ0n) is 17.6. The summed E-state index contributed by atoms with van der Waals surface area (Å²) in [5.41, 5.74) is 14.9. The molecule has 7 rings (SSSR count). The summed E-state index contributed by atoms with van der Waals surface area (Å²) in [4.78, 5) is 3.74. The van der Waals surface area contributed by atoms with Crippen LogP contribution in [0.15, 0.2) is 70.9 Å². The number of aromatic amines is 1. The first-order valence-electron chi connectivity index (χ1n) is 11.1. The molecule has 2 heterocycles. The van der Waals surface area contributed by atoms with Crippen LogP contribution in [-0.4, -0.2) is 12.8 Å². The summed E-state index contributed by atoms with van der Waals surface area (Å²) >= 11 is 3.65. The molecule has 3 aliphatic rings. The molecule has 0 fully saturated rings. The zero-order chi connectivity index (χ0) is 21.6. The molecule has 0 bridgehead atoms. The van der Waals surface area contributed by atoms with Crippen LogP contribution in [0.1, 0.15) is 35.1 Å². The number of nitrogens with one attached hydrogen (secondary N) is 2. The van der Waals surface area contributed by atoms with Crippen LogP contribution in [0.4, 0.5) is 5.69 Å². The number of rotatable bonds is 0. The number of fused-ring (bicyclic) bond motifs is 5. The van der Waals surface area contributed by atoms with Gasteiger partial charge in [0.1, 0.15) is 7.85 Å². The molecule has 0 unspecified atom stereocenters. The largest absolute Gasteiger partial charge is 0.358 e. The van der Waals surface area contributed by atoms with E-state index in [4.69, 9.17) is 7.85 Å². The van der Waals surface area contributed by atoms with Gasteiger partial charge in [-0.05, 0) is 83.9 Å². The predicted octanol–water partition coefficient (Wildman–Crippen LogP) is 6.55. The summed E-state index contributed by atoms with van der Waals surface area (Å²) in [7, 11) is 6.09. The second-order valence-corrected chi connectivity index (χ2v) is 10.0. The second-order valence-electron chi connectivity index (χ2n) is 9.11. The molecule has 2 N–H and O–H groups in total. The summed E-state index contributed by atoms with van der Waals surface area (Å²) < 4.78 is 1.12. The second kappa shape index (κ2) is 6.52. The van der Waals surface area contributed by atoms with Gasteiger partial charge in [-0.2, -0.15) is 0 Å². The number of H-pyrrole nitrogens is 1. The molecule has 152 valence electrons. The van der Waals surface area contributed by atoms with Crippen LogP contribution < -0.4 is 10.8 Å². The monoisotopic (exact) mass is 474 g/mol. The predicted molar refractivity (Wildman–Crippen MR) is 140 cm³/mol. The SMILES string of the molecule is [B]c1ccc2c(c1)C(=C)/C=C1/CCc3c4c(cc5c3[nH]c3ccc(Br)cc35)CCC(=C14)N2. The maximum atomic E-state index is 6.09. The molecule has 2 aliphatic carbocycles. The van der Waals surface area contributed by atoms with Crippen molar-refractivity contribution in [2.45, 2.75) is 25.7 Å². The summed E-state index contributed by atoms with van der Waals surface area (Å²) in [6.45, 7) is 4.39. The lowest BCUT2D eigenvalue weighted by Gasteiger charge is -2.34. The van der Waals surface area contributed by atoms with E-state index >= 15 is 0 Å². The van der Waals surface area contributed by atoms with Gasteiger partial charge in [-0.3, -0.25) is 0 Å². The van der Waals surface area contributed by atoms with Gasteiger partial charge in [-0.25, -0.2) is 0 Å². The average molecular weight is 475 g/mol. The molecule has 32 heavy (non-hydrogen) atoms. The van der Waals surface area contributed by atoms with Gasteiger partial charge in [0.15, 0.2) is 0 Å². The molecule has 1 aliphatic heterocycles. The number of aromatic nitrogens is 1. The Hall–Kier alpha value is -2.98. The first-order valence-corrected chi connectivity index (χ1v) is 11.9. The van der Waals surface area contributed by atoms with Gasteiger partial charge in [-0.1, -0.05) is 46.2 Å². The molecule has 0 saturated heterocycles. The van der Waals surface area contributed by atoms with Crippen LogP contribution in [0.5, 0.6) is 0 Å². The van der Waals surface area contributed by atoms with E-state index in [1.165, 1.54) is 55.3 Å². The molecule has 0 atom stereocenters. The fourth-order valence-electron chi connectivity index (χ4n) is 5.83. The Morgan fingerprint density at radius 3 is 2.75 bits per heavy atom. The van der Waals surface area contributed by atoms with E-state index in [9.17, 15) is 0 Å². The highest BCUT2D eigenvalue weighted by atomic mass is 79.9. The summed E-state index contributed by atoms with van der Waals surface area (Å²) in [6.07, 6.45) is 6.39. The lowest BCUT2D eigenvalue weighted by atomic mass is 9.73. The van der Waals surface area contributed by atoms with Gasteiger partial charge in [0.05, 0.1) is 5.52 Å². The van der Waals surface area contributed by atoms with Crippen molar-refractivity contribution in [2.75, 3.05) is 5.32 Å². The molecule has 2 radical (unpaired) electrons. The minimum absolute atomic E-state index is 0.771. The number of aryl methyl sites for hydroxylation is 2. The van der Waals surface area contributed by atoms with E-state index in [0.29, 0.717) is 0 Å². The highest BCUT2D eigenvalue weighted by Gasteiger charge is 2.31. The van der Waals surface area contributed by atoms with E-state index in [0.717, 1.165) is 52.4 Å². The van der Waals surface area contributed by atoms with Gasteiger partial charge in [0.25, 0.3) is 0 Å². The van der Waals surface area contributed by atoms with E-state index < -0.39 is 0 Å². The third-order valence-corrected chi connectivity index (χ3v) is 7.72. The minimum Gasteiger partial charge on any atom is -0.358 e. The van der Waals surface area contributed by atoms with Crippen molar-refractivity contribution in [2.24, 2.45) is 0 Å². The molecular formula is C28H20BBrN2. The fraction of sp³-hybridized carbons (Fsp3) is 0.143. The number of allylic oxidation sites excluding steroid dienone is 5. The molecule has 3 aromatic carbocycles. The van der Waals surface area contributed by atoms with Crippen molar-refractivity contribution >= 4 is 67.9 Å². The normalized spacial score (nSPS) is 18.5. The van der Waals surface area contributed by atoms with Gasteiger partial charge in [0, 0.05) is 43.3 Å². The topological polar surface area (TPSA) is 27.8 Å². The Morgan fingerprint density at radius 1 is 0.938 bits per heavy atom. The Labute approximate surface area is 196 Å². The van der Waals surface area contributed by atoms with Crippen LogP contribution in [-0.2, 0) is 12.8 Å². The van der Waals surface area contributed by atoms with E-state index in [1.807, 2.05) is 12.1 Å². The van der Waals surface area contributed by atoms with E-state index in [-0.39, 0.29) is 0 Å². The summed E-state index contributed by atoms with van der Waals surface area (Å²) in [5, 5.41) is 6.42. The Kier molecular flexibility index (Phi) is 3.79. The Bertz CT molecular complexity index is 1580. The number of halogens is 1. The Balaban J connectivity index is 1.53. The summed E-state index contributed by atoms with van der Waals surface area (Å²) in [5.74, 6) is 0. The van der Waals surface area contributed by atoms with Gasteiger partial charge in [-0.15, -0.1) is 0 Å². The molecule has 0 saturated carbocycles. The smallest absolute Gasteiger partial charge is 0.113 e. The molecule has 4 heteroatoms. The lowest BCUT2D eigenvalue weighted by molar-refractivity contribution is 0.870. The number of anilines is 1. The lowest BCUT2D eigenvalue weighted by Crippen LogP contribution is -2.20. The van der Waals surface area contributed by atoms with Crippen LogP contribution >= 0.6 is 15.9 Å². The molecular weight excluding hydrogens is 455 g/mol. The molecule has 1 aromatic heterocycles.